The number of rotatable bonds is 4. The molecule has 6 heteroatoms. The number of amides is 3. The smallest absolute Gasteiger partial charge is 0.323 e. The van der Waals surface area contributed by atoms with Gasteiger partial charge >= 0.3 is 6.03 Å². The lowest BCUT2D eigenvalue weighted by Gasteiger charge is -2.36. The molecule has 0 aromatic heterocycles. The summed E-state index contributed by atoms with van der Waals surface area (Å²) in [6.45, 7) is 7.20. The van der Waals surface area contributed by atoms with E-state index in [9.17, 15) is 9.59 Å². The molecule has 0 atom stereocenters. The lowest BCUT2D eigenvalue weighted by molar-refractivity contribution is -0.133. The number of carbonyl (C=O) groups excluding carboxylic acids is 2. The first-order chi connectivity index (χ1) is 13.6. The van der Waals surface area contributed by atoms with Gasteiger partial charge in [-0.3, -0.25) is 14.6 Å². The van der Waals surface area contributed by atoms with Gasteiger partial charge in [0.15, 0.2) is 0 Å². The summed E-state index contributed by atoms with van der Waals surface area (Å²) < 4.78 is 0. The van der Waals surface area contributed by atoms with E-state index in [1.807, 2.05) is 0 Å². The Balaban J connectivity index is 1.31. The van der Waals surface area contributed by atoms with E-state index in [1.54, 1.807) is 0 Å². The molecular formula is C22H32N4O2. The van der Waals surface area contributed by atoms with Crippen molar-refractivity contribution in [3.05, 3.63) is 35.4 Å². The average molecular weight is 385 g/mol. The molecule has 1 aliphatic carbocycles. The van der Waals surface area contributed by atoms with E-state index < -0.39 is 5.54 Å². The fourth-order valence-electron chi connectivity index (χ4n) is 4.83. The second kappa shape index (κ2) is 8.21. The van der Waals surface area contributed by atoms with Crippen LogP contribution in [0.3, 0.4) is 0 Å². The third-order valence-electron chi connectivity index (χ3n) is 6.50. The molecule has 0 radical (unpaired) electrons. The highest BCUT2D eigenvalue weighted by Crippen LogP contribution is 2.32. The van der Waals surface area contributed by atoms with Crippen molar-refractivity contribution in [2.45, 2.75) is 57.5 Å². The van der Waals surface area contributed by atoms with Crippen molar-refractivity contribution in [2.75, 3.05) is 32.8 Å². The van der Waals surface area contributed by atoms with E-state index in [0.717, 1.165) is 71.2 Å². The van der Waals surface area contributed by atoms with Gasteiger partial charge in [-0.05, 0) is 25.3 Å². The third-order valence-corrected chi connectivity index (χ3v) is 6.50. The van der Waals surface area contributed by atoms with Crippen molar-refractivity contribution in [1.82, 2.24) is 20.0 Å². The van der Waals surface area contributed by atoms with Crippen LogP contribution in [-0.4, -0.2) is 65.0 Å². The largest absolute Gasteiger partial charge is 0.326 e. The highest BCUT2D eigenvalue weighted by molar-refractivity contribution is 6.07. The number of piperazine rings is 1. The molecule has 1 spiro atoms. The number of imide groups is 1. The SMILES string of the molecule is Cc1cccc(CN2CCN(CN3C(=O)NC4(CCCCCC4)C3=O)CC2)c1. The zero-order valence-electron chi connectivity index (χ0n) is 17.0. The number of urea groups is 1. The first-order valence-electron chi connectivity index (χ1n) is 10.7. The van der Waals surface area contributed by atoms with Crippen LogP contribution in [-0.2, 0) is 11.3 Å². The molecule has 2 heterocycles. The number of benzene rings is 1. The van der Waals surface area contributed by atoms with E-state index in [0.29, 0.717) is 6.67 Å². The molecule has 0 bridgehead atoms. The van der Waals surface area contributed by atoms with Crippen LogP contribution >= 0.6 is 0 Å². The van der Waals surface area contributed by atoms with Crippen LogP contribution in [0.1, 0.15) is 49.7 Å². The highest BCUT2D eigenvalue weighted by Gasteiger charge is 2.50. The van der Waals surface area contributed by atoms with E-state index >= 15 is 0 Å². The van der Waals surface area contributed by atoms with E-state index in [-0.39, 0.29) is 11.9 Å². The quantitative estimate of drug-likeness (QED) is 0.811. The van der Waals surface area contributed by atoms with Crippen LogP contribution in [0.2, 0.25) is 0 Å². The number of hydrogen-bond donors (Lipinski definition) is 1. The summed E-state index contributed by atoms with van der Waals surface area (Å²) in [5.41, 5.74) is 2.01. The minimum Gasteiger partial charge on any atom is -0.323 e. The van der Waals surface area contributed by atoms with Gasteiger partial charge < -0.3 is 5.32 Å². The first kappa shape index (κ1) is 19.4. The summed E-state index contributed by atoms with van der Waals surface area (Å²) >= 11 is 0. The minimum absolute atomic E-state index is 0.00147. The normalized spacial score (nSPS) is 23.8. The van der Waals surface area contributed by atoms with Gasteiger partial charge in [-0.15, -0.1) is 0 Å². The van der Waals surface area contributed by atoms with Gasteiger partial charge in [0.1, 0.15) is 5.54 Å². The molecule has 3 amide bonds. The molecule has 6 nitrogen and oxygen atoms in total. The second-order valence-electron chi connectivity index (χ2n) is 8.68. The summed E-state index contributed by atoms with van der Waals surface area (Å²) in [5.74, 6) is 0.00147. The van der Waals surface area contributed by atoms with Crippen LogP contribution in [0.25, 0.3) is 0 Å². The second-order valence-corrected chi connectivity index (χ2v) is 8.68. The molecule has 4 rings (SSSR count). The van der Waals surface area contributed by atoms with Gasteiger partial charge in [0, 0.05) is 32.7 Å². The molecule has 2 saturated heterocycles. The molecule has 152 valence electrons. The van der Waals surface area contributed by atoms with Crippen LogP contribution in [0.5, 0.6) is 0 Å². The maximum atomic E-state index is 13.1. The average Bonchev–Trinajstić information content (AvgIpc) is 2.84. The van der Waals surface area contributed by atoms with Crippen LogP contribution < -0.4 is 5.32 Å². The monoisotopic (exact) mass is 384 g/mol. The van der Waals surface area contributed by atoms with Gasteiger partial charge in [-0.1, -0.05) is 55.5 Å². The lowest BCUT2D eigenvalue weighted by Crippen LogP contribution is -2.51. The summed E-state index contributed by atoms with van der Waals surface area (Å²) in [4.78, 5) is 31.7. The van der Waals surface area contributed by atoms with Gasteiger partial charge in [-0.25, -0.2) is 9.69 Å². The standard InChI is InChI=1S/C22H32N4O2/c1-18-7-6-8-19(15-18)16-24-11-13-25(14-12-24)17-26-20(27)22(23-21(26)28)9-4-2-3-5-10-22/h6-8,15H,2-5,9-14,16-17H2,1H3,(H,23,28). The molecular weight excluding hydrogens is 352 g/mol. The molecule has 0 unspecified atom stereocenters. The number of aryl methyl sites for hydroxylation is 1. The highest BCUT2D eigenvalue weighted by atomic mass is 16.2. The summed E-state index contributed by atoms with van der Waals surface area (Å²) in [6, 6.07) is 8.46. The van der Waals surface area contributed by atoms with Crippen molar-refractivity contribution < 1.29 is 9.59 Å². The fourth-order valence-corrected chi connectivity index (χ4v) is 4.83. The fraction of sp³-hybridized carbons (Fsp3) is 0.636. The molecule has 2 aliphatic heterocycles. The maximum Gasteiger partial charge on any atom is 0.326 e. The van der Waals surface area contributed by atoms with E-state index in [4.69, 9.17) is 0 Å². The Bertz CT molecular complexity index is 719. The Morgan fingerprint density at radius 3 is 2.32 bits per heavy atom. The predicted octanol–water partition coefficient (Wildman–Crippen LogP) is 2.71. The summed E-state index contributed by atoms with van der Waals surface area (Å²) in [5, 5.41) is 3.05. The zero-order valence-corrected chi connectivity index (χ0v) is 17.0. The Kier molecular flexibility index (Phi) is 5.69. The van der Waals surface area contributed by atoms with E-state index in [1.165, 1.54) is 16.0 Å². The Morgan fingerprint density at radius 2 is 1.64 bits per heavy atom. The zero-order chi connectivity index (χ0) is 19.6. The van der Waals surface area contributed by atoms with Crippen molar-refractivity contribution >= 4 is 11.9 Å². The van der Waals surface area contributed by atoms with Gasteiger partial charge in [-0.2, -0.15) is 0 Å². The Hall–Kier alpha value is -1.92. The summed E-state index contributed by atoms with van der Waals surface area (Å²) in [7, 11) is 0. The maximum absolute atomic E-state index is 13.1. The number of nitrogens with one attached hydrogen (secondary N) is 1. The number of hydrogen-bond acceptors (Lipinski definition) is 4. The molecule has 1 N–H and O–H groups in total. The van der Waals surface area contributed by atoms with Crippen LogP contribution in [0.4, 0.5) is 4.79 Å². The third kappa shape index (κ3) is 4.08. The van der Waals surface area contributed by atoms with Crippen LogP contribution in [0.15, 0.2) is 24.3 Å². The number of nitrogens with zero attached hydrogens (tertiary/aromatic N) is 3. The predicted molar refractivity (Wildman–Crippen MR) is 109 cm³/mol. The van der Waals surface area contributed by atoms with Crippen molar-refractivity contribution in [2.24, 2.45) is 0 Å². The molecule has 3 aliphatic rings. The van der Waals surface area contributed by atoms with Gasteiger partial charge in [0.2, 0.25) is 0 Å². The van der Waals surface area contributed by atoms with Crippen LogP contribution in [0, 0.1) is 6.92 Å². The van der Waals surface area contributed by atoms with Gasteiger partial charge in [0.05, 0.1) is 6.67 Å². The Morgan fingerprint density at radius 1 is 0.964 bits per heavy atom. The minimum atomic E-state index is -0.624. The topological polar surface area (TPSA) is 55.9 Å². The van der Waals surface area contributed by atoms with E-state index in [2.05, 4.69) is 46.3 Å². The van der Waals surface area contributed by atoms with Gasteiger partial charge in [0.25, 0.3) is 5.91 Å². The molecule has 3 fully saturated rings. The van der Waals surface area contributed by atoms with Crippen molar-refractivity contribution in [1.29, 1.82) is 0 Å². The molecule has 1 aromatic rings. The lowest BCUT2D eigenvalue weighted by atomic mass is 9.90. The molecule has 1 saturated carbocycles. The Labute approximate surface area is 167 Å². The molecule has 1 aromatic carbocycles. The summed E-state index contributed by atoms with van der Waals surface area (Å²) in [6.07, 6.45) is 5.95. The first-order valence-corrected chi connectivity index (χ1v) is 10.7. The number of carbonyl (C=O) groups is 2. The van der Waals surface area contributed by atoms with Crippen molar-refractivity contribution in [3.63, 3.8) is 0 Å². The van der Waals surface area contributed by atoms with Crippen molar-refractivity contribution in [3.8, 4) is 0 Å². The molecule has 28 heavy (non-hydrogen) atoms.